The quantitative estimate of drug-likeness (QED) is 0.820. The van der Waals surface area contributed by atoms with Crippen LogP contribution in [0, 0.1) is 0 Å². The van der Waals surface area contributed by atoms with Gasteiger partial charge in [0.15, 0.2) is 11.0 Å². The van der Waals surface area contributed by atoms with Crippen LogP contribution in [0.4, 0.5) is 23.1 Å². The Labute approximate surface area is 128 Å². The Bertz CT molecular complexity index is 602. The van der Waals surface area contributed by atoms with Crippen molar-refractivity contribution < 1.29 is 0 Å². The fourth-order valence-corrected chi connectivity index (χ4v) is 2.88. The molecule has 1 aliphatic heterocycles. The summed E-state index contributed by atoms with van der Waals surface area (Å²) in [6, 6.07) is 10.3. The number of halogens is 1. The van der Waals surface area contributed by atoms with E-state index in [0.717, 1.165) is 26.2 Å². The first kappa shape index (κ1) is 13.8. The first-order valence-electron chi connectivity index (χ1n) is 6.78. The van der Waals surface area contributed by atoms with Gasteiger partial charge in [0.1, 0.15) is 5.69 Å². The summed E-state index contributed by atoms with van der Waals surface area (Å²) in [6.45, 7) is 3.41. The van der Waals surface area contributed by atoms with Crippen molar-refractivity contribution in [3.05, 3.63) is 35.5 Å². The normalized spacial score (nSPS) is 15.3. The van der Waals surface area contributed by atoms with Gasteiger partial charge in [-0.2, -0.15) is 9.97 Å². The Balaban J connectivity index is 1.75. The van der Waals surface area contributed by atoms with E-state index in [1.54, 1.807) is 0 Å². The number of benzene rings is 1. The number of hydrogen-bond donors (Lipinski definition) is 2. The van der Waals surface area contributed by atoms with Crippen LogP contribution in [0.1, 0.15) is 0 Å². The minimum Gasteiger partial charge on any atom is -0.382 e. The highest BCUT2D eigenvalue weighted by atomic mass is 35.5. The van der Waals surface area contributed by atoms with Crippen molar-refractivity contribution >= 4 is 34.7 Å². The molecule has 0 aliphatic carbocycles. The lowest BCUT2D eigenvalue weighted by Crippen LogP contribution is -2.47. The number of aromatic nitrogens is 2. The van der Waals surface area contributed by atoms with Crippen LogP contribution in [0.3, 0.4) is 0 Å². The summed E-state index contributed by atoms with van der Waals surface area (Å²) in [6.07, 6.45) is 0. The molecule has 1 saturated heterocycles. The van der Waals surface area contributed by atoms with Crippen molar-refractivity contribution in [3.63, 3.8) is 0 Å². The molecule has 1 fully saturated rings. The van der Waals surface area contributed by atoms with Gasteiger partial charge in [0.05, 0.1) is 0 Å². The molecular weight excluding hydrogens is 288 g/mol. The second-order valence-electron chi connectivity index (χ2n) is 4.92. The van der Waals surface area contributed by atoms with Gasteiger partial charge in [-0.1, -0.05) is 29.8 Å². The number of nitrogens with zero attached hydrogens (tertiary/aromatic N) is 4. The fraction of sp³-hybridized carbons (Fsp3) is 0.286. The van der Waals surface area contributed by atoms with E-state index in [-0.39, 0.29) is 5.95 Å². The molecule has 1 aromatic carbocycles. The Hall–Kier alpha value is -2.21. The second kappa shape index (κ2) is 5.65. The summed E-state index contributed by atoms with van der Waals surface area (Å²) in [7, 11) is 0. The molecule has 0 spiro atoms. The summed E-state index contributed by atoms with van der Waals surface area (Å²) in [5.74, 6) is 0.435. The van der Waals surface area contributed by atoms with Crippen LogP contribution < -0.4 is 21.3 Å². The largest absolute Gasteiger partial charge is 0.382 e. The number of nitrogens with two attached hydrogens (primary N) is 2. The molecule has 0 atom stereocenters. The first-order chi connectivity index (χ1) is 10.1. The van der Waals surface area contributed by atoms with Gasteiger partial charge in [-0.3, -0.25) is 0 Å². The summed E-state index contributed by atoms with van der Waals surface area (Å²) >= 11 is 6.16. The van der Waals surface area contributed by atoms with Gasteiger partial charge in [-0.15, -0.1) is 0 Å². The van der Waals surface area contributed by atoms with Crippen LogP contribution in [0.5, 0.6) is 0 Å². The first-order valence-corrected chi connectivity index (χ1v) is 7.16. The van der Waals surface area contributed by atoms with Crippen molar-refractivity contribution in [3.8, 4) is 0 Å². The fourth-order valence-electron chi connectivity index (χ4n) is 2.58. The Morgan fingerprint density at radius 3 is 2.14 bits per heavy atom. The van der Waals surface area contributed by atoms with E-state index in [2.05, 4.69) is 31.9 Å². The summed E-state index contributed by atoms with van der Waals surface area (Å²) < 4.78 is 0. The number of rotatable bonds is 2. The molecule has 1 aliphatic rings. The lowest BCUT2D eigenvalue weighted by atomic mass is 10.2. The number of hydrogen-bond acceptors (Lipinski definition) is 6. The number of anilines is 4. The van der Waals surface area contributed by atoms with E-state index in [1.807, 2.05) is 18.2 Å². The molecule has 0 saturated carbocycles. The molecule has 0 bridgehead atoms. The number of piperazine rings is 1. The number of para-hydroxylation sites is 1. The topological polar surface area (TPSA) is 84.3 Å². The third kappa shape index (κ3) is 2.80. The summed E-state index contributed by atoms with van der Waals surface area (Å²) in [5.41, 5.74) is 13.4. The van der Waals surface area contributed by atoms with Crippen LogP contribution in [0.15, 0.2) is 30.3 Å². The van der Waals surface area contributed by atoms with Crippen molar-refractivity contribution in [2.75, 3.05) is 47.4 Å². The Morgan fingerprint density at radius 2 is 1.52 bits per heavy atom. The zero-order valence-corrected chi connectivity index (χ0v) is 12.3. The predicted molar refractivity (Wildman–Crippen MR) is 86.7 cm³/mol. The van der Waals surface area contributed by atoms with Crippen molar-refractivity contribution in [1.29, 1.82) is 0 Å². The Morgan fingerprint density at radius 1 is 0.905 bits per heavy atom. The number of nitrogen functional groups attached to an aromatic ring is 2. The van der Waals surface area contributed by atoms with Crippen LogP contribution in [-0.2, 0) is 0 Å². The van der Waals surface area contributed by atoms with E-state index < -0.39 is 0 Å². The molecule has 0 unspecified atom stereocenters. The zero-order chi connectivity index (χ0) is 14.8. The predicted octanol–water partition coefficient (Wildman–Crippen LogP) is 1.62. The van der Waals surface area contributed by atoms with Crippen molar-refractivity contribution in [2.45, 2.75) is 0 Å². The van der Waals surface area contributed by atoms with E-state index in [0.29, 0.717) is 16.7 Å². The van der Waals surface area contributed by atoms with Crippen LogP contribution in [0.2, 0.25) is 5.15 Å². The van der Waals surface area contributed by atoms with Gasteiger partial charge in [0.25, 0.3) is 0 Å². The average Bonchev–Trinajstić information content (AvgIpc) is 2.48. The molecule has 6 nitrogen and oxygen atoms in total. The van der Waals surface area contributed by atoms with Gasteiger partial charge >= 0.3 is 0 Å². The van der Waals surface area contributed by atoms with E-state index in [4.69, 9.17) is 23.1 Å². The van der Waals surface area contributed by atoms with E-state index in [9.17, 15) is 0 Å². The van der Waals surface area contributed by atoms with Gasteiger partial charge in [-0.05, 0) is 12.1 Å². The van der Waals surface area contributed by atoms with Gasteiger partial charge in [0, 0.05) is 31.9 Å². The highest BCUT2D eigenvalue weighted by Gasteiger charge is 2.22. The minimum absolute atomic E-state index is 0.101. The second-order valence-corrected chi connectivity index (χ2v) is 5.27. The Kier molecular flexibility index (Phi) is 3.70. The maximum absolute atomic E-state index is 6.16. The smallest absolute Gasteiger partial charge is 0.223 e. The van der Waals surface area contributed by atoms with E-state index in [1.165, 1.54) is 5.69 Å². The highest BCUT2D eigenvalue weighted by Crippen LogP contribution is 2.31. The van der Waals surface area contributed by atoms with Crippen LogP contribution in [0.25, 0.3) is 0 Å². The van der Waals surface area contributed by atoms with Gasteiger partial charge in [-0.25, -0.2) is 0 Å². The molecule has 2 heterocycles. The SMILES string of the molecule is Nc1nc(N)c(N2CCN(c3ccccc3)CC2)c(Cl)n1. The minimum atomic E-state index is 0.101. The zero-order valence-electron chi connectivity index (χ0n) is 11.5. The monoisotopic (exact) mass is 304 g/mol. The van der Waals surface area contributed by atoms with Crippen molar-refractivity contribution in [1.82, 2.24) is 9.97 Å². The molecule has 3 rings (SSSR count). The molecule has 0 radical (unpaired) electrons. The molecule has 0 amide bonds. The van der Waals surface area contributed by atoms with Crippen molar-refractivity contribution in [2.24, 2.45) is 0 Å². The van der Waals surface area contributed by atoms with Crippen LogP contribution in [-0.4, -0.2) is 36.1 Å². The average molecular weight is 305 g/mol. The van der Waals surface area contributed by atoms with Gasteiger partial charge in [0.2, 0.25) is 5.95 Å². The van der Waals surface area contributed by atoms with E-state index >= 15 is 0 Å². The van der Waals surface area contributed by atoms with Gasteiger partial charge < -0.3 is 21.3 Å². The molecule has 2 aromatic rings. The standard InChI is InChI=1S/C14H17ClN6/c15-12-11(13(16)19-14(17)18-12)21-8-6-20(7-9-21)10-4-2-1-3-5-10/h1-5H,6-9H2,(H4,16,17,18,19). The molecular formula is C14H17ClN6. The molecule has 1 aromatic heterocycles. The maximum atomic E-state index is 6.16. The lowest BCUT2D eigenvalue weighted by Gasteiger charge is -2.37. The lowest BCUT2D eigenvalue weighted by molar-refractivity contribution is 0.652. The summed E-state index contributed by atoms with van der Waals surface area (Å²) in [4.78, 5) is 12.4. The third-order valence-electron chi connectivity index (χ3n) is 3.60. The molecule has 4 N–H and O–H groups in total. The highest BCUT2D eigenvalue weighted by molar-refractivity contribution is 6.32. The summed E-state index contributed by atoms with van der Waals surface area (Å²) in [5, 5.41) is 0.313. The molecule has 21 heavy (non-hydrogen) atoms. The third-order valence-corrected chi connectivity index (χ3v) is 3.87. The maximum Gasteiger partial charge on any atom is 0.223 e. The molecule has 7 heteroatoms. The molecule has 110 valence electrons. The van der Waals surface area contributed by atoms with Crippen LogP contribution >= 0.6 is 11.6 Å².